The first kappa shape index (κ1) is 18.8. The molecule has 6 nitrogen and oxygen atoms in total. The molecule has 0 fully saturated rings. The molecule has 0 saturated heterocycles. The van der Waals surface area contributed by atoms with Crippen LogP contribution in [0.2, 0.25) is 0 Å². The van der Waals surface area contributed by atoms with E-state index in [9.17, 15) is 9.59 Å². The van der Waals surface area contributed by atoms with Crippen LogP contribution in [0.4, 0.5) is 10.5 Å². The smallest absolute Gasteiger partial charge is 0.340 e. The summed E-state index contributed by atoms with van der Waals surface area (Å²) in [7, 11) is 0. The molecule has 0 saturated carbocycles. The van der Waals surface area contributed by atoms with Gasteiger partial charge >= 0.3 is 12.0 Å². The number of carbonyl (C=O) groups excluding carboxylic acids is 2. The molecular weight excluding hydrogens is 366 g/mol. The highest BCUT2D eigenvalue weighted by atomic mass is 16.5. The second-order valence-corrected chi connectivity index (χ2v) is 6.93. The average molecular weight is 389 g/mol. The van der Waals surface area contributed by atoms with Gasteiger partial charge in [0, 0.05) is 11.9 Å². The largest absolute Gasteiger partial charge is 0.462 e. The van der Waals surface area contributed by atoms with Gasteiger partial charge in [0.05, 0.1) is 36.1 Å². The van der Waals surface area contributed by atoms with E-state index in [0.717, 1.165) is 16.9 Å². The molecule has 3 aromatic rings. The number of hydrogen-bond acceptors (Lipinski definition) is 3. The van der Waals surface area contributed by atoms with Crippen LogP contribution >= 0.6 is 0 Å². The standard InChI is InChI=1S/C23H23N3O3/c1-3-29-22(27)18-10-5-6-11-19(18)24-23(28)26-15-17-9-4-7-12-21(17)25-14-8-13-20(25)16(26)2/h4-14,16H,3,15H2,1-2H3,(H,24,28)/t16-/m0/s1. The highest BCUT2D eigenvalue weighted by Crippen LogP contribution is 2.32. The van der Waals surface area contributed by atoms with E-state index in [0.29, 0.717) is 17.8 Å². The molecule has 1 N–H and O–H groups in total. The minimum atomic E-state index is -0.452. The summed E-state index contributed by atoms with van der Waals surface area (Å²) in [5, 5.41) is 2.91. The van der Waals surface area contributed by atoms with Crippen molar-refractivity contribution in [2.45, 2.75) is 26.4 Å². The van der Waals surface area contributed by atoms with Crippen LogP contribution in [0.1, 0.15) is 41.5 Å². The summed E-state index contributed by atoms with van der Waals surface area (Å²) in [5.41, 5.74) is 3.94. The fourth-order valence-electron chi connectivity index (χ4n) is 3.73. The highest BCUT2D eigenvalue weighted by Gasteiger charge is 2.29. The lowest BCUT2D eigenvalue weighted by Crippen LogP contribution is -2.36. The van der Waals surface area contributed by atoms with E-state index in [4.69, 9.17) is 4.74 Å². The number of amides is 2. The van der Waals surface area contributed by atoms with Crippen LogP contribution in [0.3, 0.4) is 0 Å². The number of nitrogens with zero attached hydrogens (tertiary/aromatic N) is 2. The van der Waals surface area contributed by atoms with Crippen LogP contribution in [0.15, 0.2) is 66.9 Å². The van der Waals surface area contributed by atoms with E-state index in [1.807, 2.05) is 43.5 Å². The maximum absolute atomic E-state index is 13.3. The molecule has 1 aliphatic heterocycles. The minimum absolute atomic E-state index is 0.146. The molecule has 29 heavy (non-hydrogen) atoms. The molecule has 1 aliphatic rings. The van der Waals surface area contributed by atoms with Crippen molar-refractivity contribution in [1.29, 1.82) is 0 Å². The molecule has 4 rings (SSSR count). The van der Waals surface area contributed by atoms with Gasteiger partial charge in [-0.3, -0.25) is 0 Å². The lowest BCUT2D eigenvalue weighted by atomic mass is 10.1. The van der Waals surface area contributed by atoms with Crippen molar-refractivity contribution in [3.05, 3.63) is 83.7 Å². The second kappa shape index (κ2) is 7.83. The van der Waals surface area contributed by atoms with Crippen molar-refractivity contribution in [2.75, 3.05) is 11.9 Å². The Morgan fingerprint density at radius 1 is 1.07 bits per heavy atom. The van der Waals surface area contributed by atoms with Crippen molar-refractivity contribution >= 4 is 17.7 Å². The highest BCUT2D eigenvalue weighted by molar-refractivity contribution is 6.00. The van der Waals surface area contributed by atoms with E-state index < -0.39 is 5.97 Å². The second-order valence-electron chi connectivity index (χ2n) is 6.93. The third-order valence-electron chi connectivity index (χ3n) is 5.19. The predicted octanol–water partition coefficient (Wildman–Crippen LogP) is 4.76. The van der Waals surface area contributed by atoms with Gasteiger partial charge < -0.3 is 19.5 Å². The molecule has 0 unspecified atom stereocenters. The fourth-order valence-corrected chi connectivity index (χ4v) is 3.73. The van der Waals surface area contributed by atoms with Gasteiger partial charge in [-0.05, 0) is 49.7 Å². The number of anilines is 1. The van der Waals surface area contributed by atoms with Crippen molar-refractivity contribution in [3.63, 3.8) is 0 Å². The molecule has 1 aromatic heterocycles. The normalized spacial score (nSPS) is 15.1. The van der Waals surface area contributed by atoms with Crippen LogP contribution < -0.4 is 5.32 Å². The molecule has 0 bridgehead atoms. The molecule has 1 atom stereocenters. The van der Waals surface area contributed by atoms with Gasteiger partial charge in [-0.2, -0.15) is 0 Å². The van der Waals surface area contributed by atoms with Gasteiger partial charge in [0.2, 0.25) is 0 Å². The van der Waals surface area contributed by atoms with Crippen molar-refractivity contribution in [2.24, 2.45) is 0 Å². The molecule has 148 valence electrons. The predicted molar refractivity (Wildman–Crippen MR) is 111 cm³/mol. The van der Waals surface area contributed by atoms with E-state index in [1.54, 1.807) is 36.1 Å². The number of fused-ring (bicyclic) bond motifs is 3. The molecule has 2 amide bonds. The lowest BCUT2D eigenvalue weighted by Gasteiger charge is -2.28. The SMILES string of the molecule is CCOC(=O)c1ccccc1NC(=O)N1Cc2ccccc2-n2cccc2[C@@H]1C. The molecular formula is C23H23N3O3. The summed E-state index contributed by atoms with van der Waals surface area (Å²) >= 11 is 0. The first-order valence-corrected chi connectivity index (χ1v) is 9.69. The zero-order valence-corrected chi connectivity index (χ0v) is 16.5. The maximum atomic E-state index is 13.3. The Labute approximate surface area is 169 Å². The third-order valence-corrected chi connectivity index (χ3v) is 5.19. The molecule has 0 spiro atoms. The summed E-state index contributed by atoms with van der Waals surface area (Å²) in [5.74, 6) is -0.452. The van der Waals surface area contributed by atoms with Gasteiger partial charge in [-0.15, -0.1) is 0 Å². The van der Waals surface area contributed by atoms with E-state index in [-0.39, 0.29) is 18.7 Å². The number of nitrogens with one attached hydrogen (secondary N) is 1. The number of aromatic nitrogens is 1. The minimum Gasteiger partial charge on any atom is -0.462 e. The first-order chi connectivity index (χ1) is 14.1. The van der Waals surface area contributed by atoms with Gasteiger partial charge in [-0.1, -0.05) is 30.3 Å². The fraction of sp³-hybridized carbons (Fsp3) is 0.217. The van der Waals surface area contributed by atoms with E-state index in [2.05, 4.69) is 16.0 Å². The first-order valence-electron chi connectivity index (χ1n) is 9.69. The Bertz CT molecular complexity index is 1060. The number of urea groups is 1. The Hall–Kier alpha value is -3.54. The van der Waals surface area contributed by atoms with Crippen molar-refractivity contribution in [3.8, 4) is 5.69 Å². The van der Waals surface area contributed by atoms with Gasteiger partial charge in [0.15, 0.2) is 0 Å². The Morgan fingerprint density at radius 2 is 1.83 bits per heavy atom. The number of ether oxygens (including phenoxy) is 1. The maximum Gasteiger partial charge on any atom is 0.340 e. The number of rotatable bonds is 3. The topological polar surface area (TPSA) is 63.6 Å². The average Bonchev–Trinajstić information content (AvgIpc) is 3.18. The molecule has 0 aliphatic carbocycles. The summed E-state index contributed by atoms with van der Waals surface area (Å²) < 4.78 is 7.24. The Balaban J connectivity index is 1.66. The summed E-state index contributed by atoms with van der Waals surface area (Å²) in [4.78, 5) is 27.3. The molecule has 6 heteroatoms. The van der Waals surface area contributed by atoms with Crippen LogP contribution in [-0.4, -0.2) is 28.1 Å². The number of benzene rings is 2. The summed E-state index contributed by atoms with van der Waals surface area (Å²) in [6.07, 6.45) is 2.02. The Morgan fingerprint density at radius 3 is 2.66 bits per heavy atom. The number of carbonyl (C=O) groups is 2. The summed E-state index contributed by atoms with van der Waals surface area (Å²) in [6.45, 7) is 4.50. The zero-order chi connectivity index (χ0) is 20.4. The molecule has 0 radical (unpaired) electrons. The third kappa shape index (κ3) is 3.49. The number of esters is 1. The van der Waals surface area contributed by atoms with Crippen LogP contribution in [-0.2, 0) is 11.3 Å². The van der Waals surface area contributed by atoms with Gasteiger partial charge in [-0.25, -0.2) is 9.59 Å². The van der Waals surface area contributed by atoms with E-state index in [1.165, 1.54) is 0 Å². The van der Waals surface area contributed by atoms with Crippen LogP contribution in [0, 0.1) is 0 Å². The van der Waals surface area contributed by atoms with Crippen molar-refractivity contribution < 1.29 is 14.3 Å². The lowest BCUT2D eigenvalue weighted by molar-refractivity contribution is 0.0527. The number of para-hydroxylation sites is 2. The molecule has 2 heterocycles. The van der Waals surface area contributed by atoms with Crippen molar-refractivity contribution in [1.82, 2.24) is 9.47 Å². The van der Waals surface area contributed by atoms with Crippen LogP contribution in [0.5, 0.6) is 0 Å². The Kier molecular flexibility index (Phi) is 5.08. The molecule has 2 aromatic carbocycles. The van der Waals surface area contributed by atoms with Crippen LogP contribution in [0.25, 0.3) is 5.69 Å². The quantitative estimate of drug-likeness (QED) is 0.657. The summed E-state index contributed by atoms with van der Waals surface area (Å²) in [6, 6.07) is 18.6. The van der Waals surface area contributed by atoms with Gasteiger partial charge in [0.1, 0.15) is 0 Å². The monoisotopic (exact) mass is 389 g/mol. The zero-order valence-electron chi connectivity index (χ0n) is 16.5. The number of hydrogen-bond donors (Lipinski definition) is 1. The van der Waals surface area contributed by atoms with Gasteiger partial charge in [0.25, 0.3) is 0 Å². The van der Waals surface area contributed by atoms with E-state index >= 15 is 0 Å².